The molecule has 0 amide bonds. The van der Waals surface area contributed by atoms with Gasteiger partial charge in [-0.15, -0.1) is 11.3 Å². The second kappa shape index (κ2) is 6.77. The van der Waals surface area contributed by atoms with Crippen LogP contribution in [0, 0.1) is 6.92 Å². The van der Waals surface area contributed by atoms with E-state index in [0.29, 0.717) is 0 Å². The number of methoxy groups -OCH3 is 2. The molecule has 20 heavy (non-hydrogen) atoms. The molecule has 1 aromatic carbocycles. The molecule has 1 unspecified atom stereocenters. The predicted octanol–water partition coefficient (Wildman–Crippen LogP) is 3.77. The molecule has 2 rings (SSSR count). The van der Waals surface area contributed by atoms with Gasteiger partial charge in [-0.25, -0.2) is 0 Å². The van der Waals surface area contributed by atoms with Crippen molar-refractivity contribution in [3.05, 3.63) is 45.6 Å². The normalized spacial score (nSPS) is 12.2. The number of hydrogen-bond acceptors (Lipinski definition) is 4. The van der Waals surface area contributed by atoms with Crippen LogP contribution >= 0.6 is 11.3 Å². The first-order valence-electron chi connectivity index (χ1n) is 6.70. The van der Waals surface area contributed by atoms with E-state index in [1.807, 2.05) is 12.1 Å². The number of hydrogen-bond donors (Lipinski definition) is 1. The summed E-state index contributed by atoms with van der Waals surface area (Å²) >= 11 is 1.77. The lowest BCUT2D eigenvalue weighted by molar-refractivity contribution is 0.387. The minimum absolute atomic E-state index is 0.145. The molecule has 1 aromatic heterocycles. The van der Waals surface area contributed by atoms with Crippen molar-refractivity contribution >= 4 is 11.3 Å². The van der Waals surface area contributed by atoms with Gasteiger partial charge in [0, 0.05) is 16.5 Å². The molecule has 3 nitrogen and oxygen atoms in total. The third-order valence-electron chi connectivity index (χ3n) is 3.37. The van der Waals surface area contributed by atoms with E-state index in [9.17, 15) is 0 Å². The maximum Gasteiger partial charge on any atom is 0.127 e. The van der Waals surface area contributed by atoms with Crippen LogP contribution in [0.2, 0.25) is 0 Å². The molecule has 1 N–H and O–H groups in total. The first-order valence-corrected chi connectivity index (χ1v) is 7.58. The molecular weight excluding hydrogens is 270 g/mol. The Morgan fingerprint density at radius 1 is 1.15 bits per heavy atom. The Morgan fingerprint density at radius 3 is 2.50 bits per heavy atom. The van der Waals surface area contributed by atoms with Crippen molar-refractivity contribution in [3.8, 4) is 11.5 Å². The number of aryl methyl sites for hydroxylation is 1. The fourth-order valence-corrected chi connectivity index (χ4v) is 3.08. The van der Waals surface area contributed by atoms with Crippen molar-refractivity contribution < 1.29 is 9.47 Å². The van der Waals surface area contributed by atoms with Gasteiger partial charge >= 0.3 is 0 Å². The molecule has 0 aliphatic carbocycles. The van der Waals surface area contributed by atoms with E-state index in [1.165, 1.54) is 10.4 Å². The van der Waals surface area contributed by atoms with E-state index in [-0.39, 0.29) is 6.04 Å². The smallest absolute Gasteiger partial charge is 0.127 e. The molecule has 4 heteroatoms. The molecule has 0 bridgehead atoms. The van der Waals surface area contributed by atoms with Gasteiger partial charge < -0.3 is 14.8 Å². The summed E-state index contributed by atoms with van der Waals surface area (Å²) in [6.07, 6.45) is 0. The van der Waals surface area contributed by atoms with Crippen LogP contribution in [-0.4, -0.2) is 20.8 Å². The topological polar surface area (TPSA) is 30.5 Å². The summed E-state index contributed by atoms with van der Waals surface area (Å²) < 4.78 is 10.8. The van der Waals surface area contributed by atoms with Crippen LogP contribution in [0.4, 0.5) is 0 Å². The van der Waals surface area contributed by atoms with Gasteiger partial charge in [0.05, 0.1) is 20.3 Å². The molecule has 0 radical (unpaired) electrons. The van der Waals surface area contributed by atoms with E-state index in [0.717, 1.165) is 23.6 Å². The van der Waals surface area contributed by atoms with E-state index in [1.54, 1.807) is 25.6 Å². The Balaban J connectivity index is 2.46. The van der Waals surface area contributed by atoms with Crippen LogP contribution in [0.15, 0.2) is 29.6 Å². The minimum Gasteiger partial charge on any atom is -0.497 e. The van der Waals surface area contributed by atoms with Gasteiger partial charge in [0.2, 0.25) is 0 Å². The zero-order chi connectivity index (χ0) is 14.5. The Bertz CT molecular complexity index is 565. The zero-order valence-corrected chi connectivity index (χ0v) is 13.2. The fourth-order valence-electron chi connectivity index (χ4n) is 2.34. The van der Waals surface area contributed by atoms with Crippen molar-refractivity contribution in [2.75, 3.05) is 20.8 Å². The monoisotopic (exact) mass is 291 g/mol. The van der Waals surface area contributed by atoms with Gasteiger partial charge in [-0.2, -0.15) is 0 Å². The average molecular weight is 291 g/mol. The maximum absolute atomic E-state index is 5.54. The van der Waals surface area contributed by atoms with Crippen molar-refractivity contribution in [1.29, 1.82) is 0 Å². The number of ether oxygens (including phenoxy) is 2. The molecule has 2 aromatic rings. The SMILES string of the molecule is CCNC(c1ccc(OC)cc1OC)c1ccsc1C. The van der Waals surface area contributed by atoms with E-state index >= 15 is 0 Å². The average Bonchev–Trinajstić information content (AvgIpc) is 2.90. The highest BCUT2D eigenvalue weighted by molar-refractivity contribution is 7.10. The molecule has 0 aliphatic heterocycles. The van der Waals surface area contributed by atoms with Crippen LogP contribution in [-0.2, 0) is 0 Å². The highest BCUT2D eigenvalue weighted by atomic mass is 32.1. The number of rotatable bonds is 6. The van der Waals surface area contributed by atoms with E-state index in [2.05, 4.69) is 36.7 Å². The summed E-state index contributed by atoms with van der Waals surface area (Å²) in [5, 5.41) is 5.67. The predicted molar refractivity (Wildman–Crippen MR) is 84.1 cm³/mol. The molecule has 0 saturated heterocycles. The van der Waals surface area contributed by atoms with Gasteiger partial charge in [0.25, 0.3) is 0 Å². The standard InChI is InChI=1S/C16H21NO2S/c1-5-17-16(13-8-9-20-11(13)2)14-7-6-12(18-3)10-15(14)19-4/h6-10,16-17H,5H2,1-4H3. The molecule has 108 valence electrons. The van der Waals surface area contributed by atoms with Gasteiger partial charge in [0.1, 0.15) is 11.5 Å². The first-order chi connectivity index (χ1) is 9.71. The highest BCUT2D eigenvalue weighted by Gasteiger charge is 2.20. The van der Waals surface area contributed by atoms with Crippen LogP contribution in [0.1, 0.15) is 29.0 Å². The second-order valence-corrected chi connectivity index (χ2v) is 5.65. The summed E-state index contributed by atoms with van der Waals surface area (Å²) in [4.78, 5) is 1.33. The van der Waals surface area contributed by atoms with Crippen LogP contribution < -0.4 is 14.8 Å². The van der Waals surface area contributed by atoms with Gasteiger partial charge in [-0.1, -0.05) is 6.92 Å². The van der Waals surface area contributed by atoms with E-state index in [4.69, 9.17) is 9.47 Å². The van der Waals surface area contributed by atoms with Crippen molar-refractivity contribution in [2.24, 2.45) is 0 Å². The molecule has 1 heterocycles. The lowest BCUT2D eigenvalue weighted by Crippen LogP contribution is -2.22. The van der Waals surface area contributed by atoms with Crippen LogP contribution in [0.5, 0.6) is 11.5 Å². The summed E-state index contributed by atoms with van der Waals surface area (Å²) in [7, 11) is 3.36. The lowest BCUT2D eigenvalue weighted by atomic mass is 9.98. The van der Waals surface area contributed by atoms with Gasteiger partial charge in [0.15, 0.2) is 0 Å². The van der Waals surface area contributed by atoms with Crippen molar-refractivity contribution in [1.82, 2.24) is 5.32 Å². The quantitative estimate of drug-likeness (QED) is 0.878. The van der Waals surface area contributed by atoms with Crippen LogP contribution in [0.25, 0.3) is 0 Å². The molecular formula is C16H21NO2S. The van der Waals surface area contributed by atoms with E-state index < -0.39 is 0 Å². The summed E-state index contributed by atoms with van der Waals surface area (Å²) in [6.45, 7) is 5.17. The van der Waals surface area contributed by atoms with Gasteiger partial charge in [-0.05, 0) is 42.6 Å². The van der Waals surface area contributed by atoms with Crippen molar-refractivity contribution in [3.63, 3.8) is 0 Å². The highest BCUT2D eigenvalue weighted by Crippen LogP contribution is 2.35. The Morgan fingerprint density at radius 2 is 1.95 bits per heavy atom. The van der Waals surface area contributed by atoms with Gasteiger partial charge in [-0.3, -0.25) is 0 Å². The largest absolute Gasteiger partial charge is 0.497 e. The zero-order valence-electron chi connectivity index (χ0n) is 12.4. The summed E-state index contributed by atoms with van der Waals surface area (Å²) in [5.74, 6) is 1.66. The third-order valence-corrected chi connectivity index (χ3v) is 4.23. The fraction of sp³-hybridized carbons (Fsp3) is 0.375. The van der Waals surface area contributed by atoms with Crippen molar-refractivity contribution in [2.45, 2.75) is 19.9 Å². The molecule has 0 fully saturated rings. The first kappa shape index (κ1) is 14.9. The Labute approximate surface area is 124 Å². The molecule has 0 saturated carbocycles. The van der Waals surface area contributed by atoms with Crippen LogP contribution in [0.3, 0.4) is 0 Å². The Kier molecular flexibility index (Phi) is 5.04. The second-order valence-electron chi connectivity index (χ2n) is 4.53. The molecule has 1 atom stereocenters. The third kappa shape index (κ3) is 2.97. The summed E-state index contributed by atoms with van der Waals surface area (Å²) in [5.41, 5.74) is 2.44. The number of thiophene rings is 1. The summed E-state index contributed by atoms with van der Waals surface area (Å²) in [6, 6.07) is 8.30. The minimum atomic E-state index is 0.145. The molecule has 0 aliphatic rings. The number of nitrogens with one attached hydrogen (secondary N) is 1. The molecule has 0 spiro atoms. The lowest BCUT2D eigenvalue weighted by Gasteiger charge is -2.21. The number of benzene rings is 1. The Hall–Kier alpha value is -1.52. The maximum atomic E-state index is 5.54.